The van der Waals surface area contributed by atoms with Crippen LogP contribution < -0.4 is 0 Å². The molecule has 2 aromatic carbocycles. The van der Waals surface area contributed by atoms with Crippen LogP contribution in [-0.4, -0.2) is 18.0 Å². The van der Waals surface area contributed by atoms with Crippen LogP contribution >= 0.6 is 0 Å². The number of hydrogen-bond acceptors (Lipinski definition) is 3. The van der Waals surface area contributed by atoms with Crippen molar-refractivity contribution in [2.24, 2.45) is 0 Å². The Labute approximate surface area is 138 Å². The third-order valence-electron chi connectivity index (χ3n) is 4.19. The molecule has 124 valence electrons. The van der Waals surface area contributed by atoms with Gasteiger partial charge in [-0.3, -0.25) is 4.79 Å². The molecule has 24 heavy (non-hydrogen) atoms. The predicted molar refractivity (Wildman–Crippen MR) is 85.7 cm³/mol. The Morgan fingerprint density at radius 2 is 1.67 bits per heavy atom. The van der Waals surface area contributed by atoms with E-state index in [9.17, 15) is 18.7 Å². The van der Waals surface area contributed by atoms with Gasteiger partial charge < -0.3 is 9.84 Å². The average molecular weight is 330 g/mol. The number of rotatable bonds is 4. The summed E-state index contributed by atoms with van der Waals surface area (Å²) < 4.78 is 32.6. The number of benzene rings is 2. The molecule has 1 aliphatic carbocycles. The molecular weight excluding hydrogens is 314 g/mol. The van der Waals surface area contributed by atoms with Crippen LogP contribution in [0, 0.1) is 11.6 Å². The molecule has 0 heterocycles. The van der Waals surface area contributed by atoms with Crippen molar-refractivity contribution in [3.05, 3.63) is 70.3 Å². The lowest BCUT2D eigenvalue weighted by molar-refractivity contribution is 0.103. The van der Waals surface area contributed by atoms with Crippen molar-refractivity contribution < 1.29 is 23.4 Å². The van der Waals surface area contributed by atoms with Crippen molar-refractivity contribution in [2.45, 2.75) is 19.3 Å². The number of hydrogen-bond donors (Lipinski definition) is 1. The van der Waals surface area contributed by atoms with Gasteiger partial charge in [0.15, 0.2) is 17.4 Å². The normalized spacial score (nSPS) is 13.4. The number of methoxy groups -OCH3 is 1. The first-order valence-electron chi connectivity index (χ1n) is 7.61. The summed E-state index contributed by atoms with van der Waals surface area (Å²) in [6.07, 6.45) is 3.12. The first-order valence-corrected chi connectivity index (χ1v) is 7.61. The predicted octanol–water partition coefficient (Wildman–Crippen LogP) is 4.44. The van der Waals surface area contributed by atoms with Crippen LogP contribution in [0.1, 0.15) is 40.7 Å². The quantitative estimate of drug-likeness (QED) is 0.666. The van der Waals surface area contributed by atoms with Crippen LogP contribution in [-0.2, 0) is 4.74 Å². The third kappa shape index (κ3) is 2.77. The van der Waals surface area contributed by atoms with E-state index < -0.39 is 28.7 Å². The summed E-state index contributed by atoms with van der Waals surface area (Å²) in [7, 11) is 1.60. The van der Waals surface area contributed by atoms with Gasteiger partial charge in [-0.15, -0.1) is 0 Å². The summed E-state index contributed by atoms with van der Waals surface area (Å²) in [4.78, 5) is 12.4. The molecule has 0 unspecified atom stereocenters. The highest BCUT2D eigenvalue weighted by Gasteiger charge is 2.22. The maximum absolute atomic E-state index is 13.8. The van der Waals surface area contributed by atoms with E-state index in [0.29, 0.717) is 0 Å². The van der Waals surface area contributed by atoms with Gasteiger partial charge >= 0.3 is 0 Å². The number of ketones is 1. The maximum Gasteiger partial charge on any atom is 0.199 e. The molecule has 0 aromatic heterocycles. The maximum atomic E-state index is 13.8. The molecule has 0 radical (unpaired) electrons. The number of halogens is 2. The van der Waals surface area contributed by atoms with E-state index >= 15 is 0 Å². The van der Waals surface area contributed by atoms with Crippen molar-refractivity contribution in [3.8, 4) is 5.75 Å². The summed E-state index contributed by atoms with van der Waals surface area (Å²) in [6.45, 7) is 0. The second kappa shape index (κ2) is 6.43. The van der Waals surface area contributed by atoms with Crippen LogP contribution in [0.2, 0.25) is 0 Å². The van der Waals surface area contributed by atoms with E-state index in [1.54, 1.807) is 19.2 Å². The fraction of sp³-hybridized carbons (Fsp3) is 0.211. The van der Waals surface area contributed by atoms with E-state index in [1.165, 1.54) is 17.7 Å². The Morgan fingerprint density at radius 3 is 2.21 bits per heavy atom. The lowest BCUT2D eigenvalue weighted by Gasteiger charge is -2.21. The van der Waals surface area contributed by atoms with Gasteiger partial charge in [0.05, 0.1) is 7.11 Å². The van der Waals surface area contributed by atoms with Crippen LogP contribution in [0.15, 0.2) is 42.0 Å². The molecule has 0 amide bonds. The Kier molecular flexibility index (Phi) is 4.34. The molecule has 1 N–H and O–H groups in total. The largest absolute Gasteiger partial charge is 0.507 e. The van der Waals surface area contributed by atoms with Crippen molar-refractivity contribution in [1.82, 2.24) is 0 Å². The van der Waals surface area contributed by atoms with Gasteiger partial charge in [0.2, 0.25) is 0 Å². The standard InChI is InChI=1S/C19H16F2O3/c1-24-19(12-3-2-4-12)13-7-5-11(6-8-13)18(23)16-15(22)10-9-14(20)17(16)21/h5-10,22H,2-4H2,1H3. The monoisotopic (exact) mass is 330 g/mol. The molecule has 0 atom stereocenters. The SMILES string of the molecule is COC(=C1CCC1)c1ccc(C(=O)c2c(O)ccc(F)c2F)cc1. The molecule has 0 bridgehead atoms. The second-order valence-electron chi connectivity index (χ2n) is 5.65. The molecule has 1 saturated carbocycles. The number of aromatic hydroxyl groups is 1. The summed E-state index contributed by atoms with van der Waals surface area (Å²) in [5.74, 6) is -3.09. The highest BCUT2D eigenvalue weighted by atomic mass is 19.2. The Balaban J connectivity index is 1.94. The molecule has 0 saturated heterocycles. The van der Waals surface area contributed by atoms with Gasteiger partial charge in [0.1, 0.15) is 17.1 Å². The zero-order valence-electron chi connectivity index (χ0n) is 13.1. The van der Waals surface area contributed by atoms with Crippen molar-refractivity contribution >= 4 is 11.5 Å². The van der Waals surface area contributed by atoms with E-state index in [2.05, 4.69) is 0 Å². The lowest BCUT2D eigenvalue weighted by atomic mass is 9.89. The molecular formula is C19H16F2O3. The van der Waals surface area contributed by atoms with Crippen LogP contribution in [0.5, 0.6) is 5.75 Å². The van der Waals surface area contributed by atoms with Crippen molar-refractivity contribution in [1.29, 1.82) is 0 Å². The number of phenolic OH excluding ortho intramolecular Hbond substituents is 1. The van der Waals surface area contributed by atoms with Crippen molar-refractivity contribution in [2.75, 3.05) is 7.11 Å². The zero-order valence-corrected chi connectivity index (χ0v) is 13.1. The molecule has 0 aliphatic heterocycles. The summed E-state index contributed by atoms with van der Waals surface area (Å²) >= 11 is 0. The molecule has 0 spiro atoms. The van der Waals surface area contributed by atoms with Gasteiger partial charge in [-0.1, -0.05) is 24.3 Å². The molecule has 1 aliphatic rings. The third-order valence-corrected chi connectivity index (χ3v) is 4.19. The molecule has 2 aromatic rings. The van der Waals surface area contributed by atoms with Gasteiger partial charge in [0, 0.05) is 11.1 Å². The van der Waals surface area contributed by atoms with Gasteiger partial charge in [-0.2, -0.15) is 0 Å². The average Bonchev–Trinajstić information content (AvgIpc) is 2.54. The number of carbonyl (C=O) groups excluding carboxylic acids is 1. The second-order valence-corrected chi connectivity index (χ2v) is 5.65. The van der Waals surface area contributed by atoms with E-state index in [0.717, 1.165) is 42.7 Å². The summed E-state index contributed by atoms with van der Waals surface area (Å²) in [5.41, 5.74) is 1.55. The topological polar surface area (TPSA) is 46.5 Å². The fourth-order valence-electron chi connectivity index (χ4n) is 2.72. The first kappa shape index (κ1) is 16.2. The smallest absolute Gasteiger partial charge is 0.199 e. The first-order chi connectivity index (χ1) is 11.5. The van der Waals surface area contributed by atoms with Crippen LogP contribution in [0.3, 0.4) is 0 Å². The Hall–Kier alpha value is -2.69. The van der Waals surface area contributed by atoms with Gasteiger partial charge in [-0.25, -0.2) is 8.78 Å². The Morgan fingerprint density at radius 1 is 1.04 bits per heavy atom. The molecule has 3 rings (SSSR count). The van der Waals surface area contributed by atoms with E-state index in [1.807, 2.05) is 0 Å². The Bertz CT molecular complexity index is 817. The number of phenols is 1. The van der Waals surface area contributed by atoms with Crippen molar-refractivity contribution in [3.63, 3.8) is 0 Å². The zero-order chi connectivity index (χ0) is 17.3. The van der Waals surface area contributed by atoms with Crippen LogP contribution in [0.25, 0.3) is 5.76 Å². The molecule has 1 fully saturated rings. The van der Waals surface area contributed by atoms with Crippen LogP contribution in [0.4, 0.5) is 8.78 Å². The molecule has 5 heteroatoms. The lowest BCUT2D eigenvalue weighted by Crippen LogP contribution is -2.07. The minimum absolute atomic E-state index is 0.160. The highest BCUT2D eigenvalue weighted by molar-refractivity contribution is 6.10. The van der Waals surface area contributed by atoms with E-state index in [4.69, 9.17) is 4.74 Å². The van der Waals surface area contributed by atoms with E-state index in [-0.39, 0.29) is 5.56 Å². The minimum Gasteiger partial charge on any atom is -0.507 e. The minimum atomic E-state index is -1.35. The summed E-state index contributed by atoms with van der Waals surface area (Å²) in [6, 6.07) is 8.17. The summed E-state index contributed by atoms with van der Waals surface area (Å²) in [5, 5.41) is 9.69. The number of ether oxygens (including phenoxy) is 1. The number of carbonyl (C=O) groups is 1. The fourth-order valence-corrected chi connectivity index (χ4v) is 2.72. The number of allylic oxidation sites excluding steroid dienone is 1. The molecule has 3 nitrogen and oxygen atoms in total. The highest BCUT2D eigenvalue weighted by Crippen LogP contribution is 2.34. The van der Waals surface area contributed by atoms with Gasteiger partial charge in [-0.05, 0) is 37.0 Å². The van der Waals surface area contributed by atoms with Gasteiger partial charge in [0.25, 0.3) is 0 Å².